The Morgan fingerprint density at radius 1 is 1.10 bits per heavy atom. The van der Waals surface area contributed by atoms with Crippen molar-refractivity contribution in [2.45, 2.75) is 37.7 Å². The first-order valence-corrected chi connectivity index (χ1v) is 7.11. The van der Waals surface area contributed by atoms with E-state index in [-0.39, 0.29) is 5.91 Å². The first kappa shape index (κ1) is 13.2. The minimum Gasteiger partial charge on any atom is -0.486 e. The van der Waals surface area contributed by atoms with E-state index in [1.807, 2.05) is 0 Å². The second kappa shape index (κ2) is 5.32. The van der Waals surface area contributed by atoms with Crippen LogP contribution in [0.1, 0.15) is 32.1 Å². The highest BCUT2D eigenvalue weighted by Crippen LogP contribution is 2.34. The highest BCUT2D eigenvalue weighted by atomic mass is 16.6. The average Bonchev–Trinajstić information content (AvgIpc) is 2.48. The van der Waals surface area contributed by atoms with Crippen molar-refractivity contribution in [1.29, 1.82) is 0 Å². The number of rotatable bonds is 2. The molecule has 1 aromatic rings. The molecule has 1 aromatic carbocycles. The van der Waals surface area contributed by atoms with Crippen LogP contribution in [0, 0.1) is 0 Å². The lowest BCUT2D eigenvalue weighted by Gasteiger charge is -2.30. The summed E-state index contributed by atoms with van der Waals surface area (Å²) in [6.07, 6.45) is 3.93. The summed E-state index contributed by atoms with van der Waals surface area (Å²) in [5, 5.41) is 13.1. The van der Waals surface area contributed by atoms with Gasteiger partial charge in [-0.3, -0.25) is 4.79 Å². The molecule has 0 radical (unpaired) electrons. The minimum absolute atomic E-state index is 0.325. The van der Waals surface area contributed by atoms with Crippen LogP contribution >= 0.6 is 0 Å². The summed E-state index contributed by atoms with van der Waals surface area (Å²) in [5.74, 6) is 0.990. The van der Waals surface area contributed by atoms with Gasteiger partial charge in [-0.1, -0.05) is 19.3 Å². The van der Waals surface area contributed by atoms with Gasteiger partial charge in [0.15, 0.2) is 11.5 Å². The van der Waals surface area contributed by atoms with Crippen LogP contribution in [0.25, 0.3) is 0 Å². The minimum atomic E-state index is -1.23. The van der Waals surface area contributed by atoms with E-state index in [0.29, 0.717) is 43.2 Å². The molecule has 1 saturated carbocycles. The molecule has 0 saturated heterocycles. The van der Waals surface area contributed by atoms with Crippen molar-refractivity contribution in [2.75, 3.05) is 18.5 Å². The van der Waals surface area contributed by atoms with Crippen molar-refractivity contribution < 1.29 is 19.4 Å². The van der Waals surface area contributed by atoms with Gasteiger partial charge in [0.05, 0.1) is 0 Å². The predicted molar refractivity (Wildman–Crippen MR) is 74.1 cm³/mol. The third kappa shape index (κ3) is 2.58. The van der Waals surface area contributed by atoms with Crippen LogP contribution in [-0.2, 0) is 4.79 Å². The van der Waals surface area contributed by atoms with E-state index >= 15 is 0 Å². The number of carbonyl (C=O) groups is 1. The fourth-order valence-electron chi connectivity index (χ4n) is 2.73. The van der Waals surface area contributed by atoms with Crippen LogP contribution in [0.3, 0.4) is 0 Å². The van der Waals surface area contributed by atoms with Crippen LogP contribution in [0.15, 0.2) is 18.2 Å². The van der Waals surface area contributed by atoms with E-state index in [2.05, 4.69) is 5.32 Å². The second-order valence-electron chi connectivity index (χ2n) is 5.40. The van der Waals surface area contributed by atoms with Crippen molar-refractivity contribution in [3.8, 4) is 11.5 Å². The third-order valence-electron chi connectivity index (χ3n) is 3.90. The van der Waals surface area contributed by atoms with Crippen LogP contribution < -0.4 is 14.8 Å². The molecule has 1 amide bonds. The van der Waals surface area contributed by atoms with Gasteiger partial charge < -0.3 is 19.9 Å². The molecule has 0 aromatic heterocycles. The maximum atomic E-state index is 12.2. The summed E-state index contributed by atoms with van der Waals surface area (Å²) in [6.45, 7) is 1.05. The zero-order valence-electron chi connectivity index (χ0n) is 11.4. The van der Waals surface area contributed by atoms with Gasteiger partial charge in [-0.05, 0) is 25.0 Å². The van der Waals surface area contributed by atoms with E-state index in [4.69, 9.17) is 9.47 Å². The van der Waals surface area contributed by atoms with E-state index in [0.717, 1.165) is 19.3 Å². The van der Waals surface area contributed by atoms with Crippen molar-refractivity contribution in [3.63, 3.8) is 0 Å². The fraction of sp³-hybridized carbons (Fsp3) is 0.533. The first-order chi connectivity index (χ1) is 9.67. The standard InChI is InChI=1S/C15H19NO4/c17-14(15(18)6-2-1-3-7-15)16-11-4-5-12-13(10-11)20-9-8-19-12/h4-5,10,18H,1-3,6-9H2,(H,16,17). The van der Waals surface area contributed by atoms with Gasteiger partial charge in [0.2, 0.25) is 0 Å². The number of anilines is 1. The molecule has 0 spiro atoms. The number of nitrogens with one attached hydrogen (secondary N) is 1. The summed E-state index contributed by atoms with van der Waals surface area (Å²) < 4.78 is 10.9. The van der Waals surface area contributed by atoms with E-state index < -0.39 is 5.60 Å². The number of ether oxygens (including phenoxy) is 2. The van der Waals surface area contributed by atoms with Crippen LogP contribution in [0.5, 0.6) is 11.5 Å². The average molecular weight is 277 g/mol. The number of hydrogen-bond donors (Lipinski definition) is 2. The van der Waals surface area contributed by atoms with Crippen molar-refractivity contribution >= 4 is 11.6 Å². The molecule has 1 aliphatic carbocycles. The number of benzene rings is 1. The number of aliphatic hydroxyl groups is 1. The lowest BCUT2D eigenvalue weighted by atomic mass is 9.84. The molecule has 1 aliphatic heterocycles. The zero-order chi connectivity index (χ0) is 14.0. The van der Waals surface area contributed by atoms with Gasteiger partial charge in [0.1, 0.15) is 18.8 Å². The number of carbonyl (C=O) groups excluding carboxylic acids is 1. The topological polar surface area (TPSA) is 67.8 Å². The van der Waals surface area contributed by atoms with Gasteiger partial charge in [-0.2, -0.15) is 0 Å². The largest absolute Gasteiger partial charge is 0.486 e. The number of amides is 1. The Balaban J connectivity index is 1.72. The Bertz CT molecular complexity index is 509. The predicted octanol–water partition coefficient (Wildman–Crippen LogP) is 2.09. The summed E-state index contributed by atoms with van der Waals surface area (Å²) in [7, 11) is 0. The van der Waals surface area contributed by atoms with Gasteiger partial charge >= 0.3 is 0 Å². The SMILES string of the molecule is O=C(Nc1ccc2c(c1)OCCO2)C1(O)CCCCC1. The molecule has 0 bridgehead atoms. The summed E-state index contributed by atoms with van der Waals surface area (Å²) in [6, 6.07) is 5.27. The van der Waals surface area contributed by atoms with E-state index in [1.54, 1.807) is 18.2 Å². The molecule has 2 N–H and O–H groups in total. The van der Waals surface area contributed by atoms with Gasteiger partial charge in [-0.25, -0.2) is 0 Å². The Morgan fingerprint density at radius 2 is 1.80 bits per heavy atom. The molecule has 1 heterocycles. The summed E-state index contributed by atoms with van der Waals surface area (Å²) >= 11 is 0. The highest BCUT2D eigenvalue weighted by molar-refractivity contribution is 5.97. The third-order valence-corrected chi connectivity index (χ3v) is 3.90. The maximum absolute atomic E-state index is 12.2. The molecule has 5 heteroatoms. The van der Waals surface area contributed by atoms with Gasteiger partial charge in [-0.15, -0.1) is 0 Å². The molecule has 1 fully saturated rings. The first-order valence-electron chi connectivity index (χ1n) is 7.11. The lowest BCUT2D eigenvalue weighted by Crippen LogP contribution is -2.44. The molecule has 3 rings (SSSR count). The van der Waals surface area contributed by atoms with Crippen LogP contribution in [0.4, 0.5) is 5.69 Å². The number of fused-ring (bicyclic) bond motifs is 1. The van der Waals surface area contributed by atoms with E-state index in [9.17, 15) is 9.90 Å². The summed E-state index contributed by atoms with van der Waals surface area (Å²) in [5.41, 5.74) is -0.607. The molecule has 20 heavy (non-hydrogen) atoms. The number of hydrogen-bond acceptors (Lipinski definition) is 4. The molecule has 0 atom stereocenters. The molecular weight excluding hydrogens is 258 g/mol. The van der Waals surface area contributed by atoms with Gasteiger partial charge in [0.25, 0.3) is 5.91 Å². The zero-order valence-corrected chi connectivity index (χ0v) is 11.4. The summed E-state index contributed by atoms with van der Waals surface area (Å²) in [4.78, 5) is 12.2. The molecule has 2 aliphatic rings. The monoisotopic (exact) mass is 277 g/mol. The second-order valence-corrected chi connectivity index (χ2v) is 5.40. The smallest absolute Gasteiger partial charge is 0.256 e. The fourth-order valence-corrected chi connectivity index (χ4v) is 2.73. The van der Waals surface area contributed by atoms with Crippen molar-refractivity contribution in [2.24, 2.45) is 0 Å². The lowest BCUT2D eigenvalue weighted by molar-refractivity contribution is -0.137. The normalized spacial score (nSPS) is 20.2. The maximum Gasteiger partial charge on any atom is 0.256 e. The van der Waals surface area contributed by atoms with Crippen molar-refractivity contribution in [1.82, 2.24) is 0 Å². The quantitative estimate of drug-likeness (QED) is 0.868. The molecule has 5 nitrogen and oxygen atoms in total. The van der Waals surface area contributed by atoms with Crippen molar-refractivity contribution in [3.05, 3.63) is 18.2 Å². The van der Waals surface area contributed by atoms with Crippen LogP contribution in [-0.4, -0.2) is 29.8 Å². The molecular formula is C15H19NO4. The Kier molecular flexibility index (Phi) is 3.53. The van der Waals surface area contributed by atoms with E-state index in [1.165, 1.54) is 0 Å². The van der Waals surface area contributed by atoms with Gasteiger partial charge in [0, 0.05) is 11.8 Å². The van der Waals surface area contributed by atoms with Crippen LogP contribution in [0.2, 0.25) is 0 Å². The molecule has 0 unspecified atom stereocenters. The Labute approximate surface area is 117 Å². The Morgan fingerprint density at radius 3 is 2.55 bits per heavy atom. The Hall–Kier alpha value is -1.75. The molecule has 108 valence electrons. The highest BCUT2D eigenvalue weighted by Gasteiger charge is 2.37.